The summed E-state index contributed by atoms with van der Waals surface area (Å²) in [6.07, 6.45) is 3.84. The molecule has 0 aliphatic rings. The van der Waals surface area contributed by atoms with Gasteiger partial charge in [-0.2, -0.15) is 5.10 Å². The largest absolute Gasteiger partial charge is 0.310 e. The molecule has 0 aliphatic heterocycles. The van der Waals surface area contributed by atoms with Crippen LogP contribution in [0.15, 0.2) is 28.9 Å². The number of aromatic nitrogens is 2. The third-order valence-corrected chi connectivity index (χ3v) is 3.93. The monoisotopic (exact) mass is 339 g/mol. The summed E-state index contributed by atoms with van der Waals surface area (Å²) in [4.78, 5) is 0. The van der Waals surface area contributed by atoms with E-state index in [1.165, 1.54) is 11.6 Å². The zero-order valence-corrected chi connectivity index (χ0v) is 13.3. The third kappa shape index (κ3) is 3.90. The summed E-state index contributed by atoms with van der Waals surface area (Å²) in [6.45, 7) is 4.85. The minimum atomic E-state index is -0.168. The lowest BCUT2D eigenvalue weighted by Gasteiger charge is -2.15. The highest BCUT2D eigenvalue weighted by Gasteiger charge is 2.10. The fourth-order valence-electron chi connectivity index (χ4n) is 2.18. The molecule has 3 nitrogen and oxygen atoms in total. The van der Waals surface area contributed by atoms with Crippen molar-refractivity contribution in [3.63, 3.8) is 0 Å². The number of hydrogen-bond acceptors (Lipinski definition) is 2. The van der Waals surface area contributed by atoms with Crippen LogP contribution in [0.25, 0.3) is 0 Å². The van der Waals surface area contributed by atoms with Gasteiger partial charge in [0.15, 0.2) is 0 Å². The van der Waals surface area contributed by atoms with Gasteiger partial charge < -0.3 is 5.32 Å². The van der Waals surface area contributed by atoms with Crippen molar-refractivity contribution >= 4 is 15.9 Å². The van der Waals surface area contributed by atoms with Crippen LogP contribution in [-0.4, -0.2) is 16.7 Å². The molecule has 1 aromatic heterocycles. The number of aromatic amines is 1. The van der Waals surface area contributed by atoms with E-state index in [1.54, 1.807) is 6.07 Å². The van der Waals surface area contributed by atoms with Crippen molar-refractivity contribution in [3.8, 4) is 0 Å². The van der Waals surface area contributed by atoms with Crippen LogP contribution in [0.4, 0.5) is 4.39 Å². The number of benzene rings is 1. The topological polar surface area (TPSA) is 40.7 Å². The lowest BCUT2D eigenvalue weighted by atomic mass is 10.1. The molecule has 1 heterocycles. The Bertz CT molecular complexity index is 568. The van der Waals surface area contributed by atoms with E-state index in [9.17, 15) is 4.39 Å². The van der Waals surface area contributed by atoms with Crippen molar-refractivity contribution in [2.45, 2.75) is 32.7 Å². The van der Waals surface area contributed by atoms with E-state index in [-0.39, 0.29) is 11.9 Å². The summed E-state index contributed by atoms with van der Waals surface area (Å²) in [5.74, 6) is -0.168. The highest BCUT2D eigenvalue weighted by Crippen LogP contribution is 2.21. The summed E-state index contributed by atoms with van der Waals surface area (Å²) in [5.41, 5.74) is 3.06. The minimum absolute atomic E-state index is 0.00190. The molecular formula is C15H19BrFN3. The van der Waals surface area contributed by atoms with Gasteiger partial charge in [0.2, 0.25) is 0 Å². The molecule has 0 fully saturated rings. The van der Waals surface area contributed by atoms with Gasteiger partial charge >= 0.3 is 0 Å². The number of nitrogens with one attached hydrogen (secondary N) is 2. The van der Waals surface area contributed by atoms with Crippen LogP contribution in [0.2, 0.25) is 0 Å². The van der Waals surface area contributed by atoms with E-state index in [0.717, 1.165) is 29.6 Å². The summed E-state index contributed by atoms with van der Waals surface area (Å²) < 4.78 is 14.6. The molecule has 0 saturated carbocycles. The Kier molecular flexibility index (Phi) is 5.31. The van der Waals surface area contributed by atoms with E-state index < -0.39 is 0 Å². The second-order valence-corrected chi connectivity index (χ2v) is 5.88. The second kappa shape index (κ2) is 6.99. The molecule has 0 spiro atoms. The van der Waals surface area contributed by atoms with Gasteiger partial charge in [-0.25, -0.2) is 4.39 Å². The van der Waals surface area contributed by atoms with Crippen LogP contribution < -0.4 is 5.32 Å². The van der Waals surface area contributed by atoms with E-state index in [4.69, 9.17) is 0 Å². The van der Waals surface area contributed by atoms with Gasteiger partial charge in [0.1, 0.15) is 5.82 Å². The maximum Gasteiger partial charge on any atom is 0.128 e. The Hall–Kier alpha value is -1.20. The summed E-state index contributed by atoms with van der Waals surface area (Å²) in [5, 5.41) is 10.3. The molecule has 1 unspecified atom stereocenters. The standard InChI is InChI=1S/C15H19BrFN3/c1-10-12(9-19-20-10)4-3-7-18-11(2)14-8-13(16)5-6-15(14)17/h5-6,8-9,11,18H,3-4,7H2,1-2H3,(H,19,20). The first kappa shape index (κ1) is 15.2. The van der Waals surface area contributed by atoms with E-state index in [1.807, 2.05) is 26.1 Å². The normalized spacial score (nSPS) is 12.6. The van der Waals surface area contributed by atoms with Crippen molar-refractivity contribution in [2.24, 2.45) is 0 Å². The number of halogens is 2. The number of hydrogen-bond donors (Lipinski definition) is 2. The SMILES string of the molecule is Cc1[nH]ncc1CCCNC(C)c1cc(Br)ccc1F. The van der Waals surface area contributed by atoms with E-state index in [0.29, 0.717) is 5.56 Å². The van der Waals surface area contributed by atoms with Gasteiger partial charge in [0.25, 0.3) is 0 Å². The lowest BCUT2D eigenvalue weighted by Crippen LogP contribution is -2.21. The van der Waals surface area contributed by atoms with Gasteiger partial charge in [-0.15, -0.1) is 0 Å². The molecule has 0 saturated heterocycles. The molecule has 20 heavy (non-hydrogen) atoms. The highest BCUT2D eigenvalue weighted by molar-refractivity contribution is 9.10. The predicted molar refractivity (Wildman–Crippen MR) is 82.2 cm³/mol. The summed E-state index contributed by atoms with van der Waals surface area (Å²) in [6, 6.07) is 5.03. The molecular weight excluding hydrogens is 321 g/mol. The predicted octanol–water partition coefficient (Wildman–Crippen LogP) is 3.90. The number of aryl methyl sites for hydroxylation is 2. The Labute approximate surface area is 127 Å². The second-order valence-electron chi connectivity index (χ2n) is 4.97. The average Bonchev–Trinajstić information content (AvgIpc) is 2.83. The van der Waals surface area contributed by atoms with Crippen molar-refractivity contribution in [1.82, 2.24) is 15.5 Å². The Morgan fingerprint density at radius 3 is 2.95 bits per heavy atom. The molecule has 0 bridgehead atoms. The van der Waals surface area contributed by atoms with Crippen LogP contribution in [0.5, 0.6) is 0 Å². The molecule has 5 heteroatoms. The summed E-state index contributed by atoms with van der Waals surface area (Å²) >= 11 is 3.38. The van der Waals surface area contributed by atoms with Crippen molar-refractivity contribution in [2.75, 3.05) is 6.54 Å². The molecule has 108 valence electrons. The first-order valence-electron chi connectivity index (χ1n) is 6.75. The van der Waals surface area contributed by atoms with Crippen LogP contribution in [0.1, 0.15) is 36.2 Å². The molecule has 1 aromatic carbocycles. The zero-order chi connectivity index (χ0) is 14.5. The zero-order valence-electron chi connectivity index (χ0n) is 11.7. The molecule has 2 N–H and O–H groups in total. The number of rotatable bonds is 6. The van der Waals surface area contributed by atoms with Crippen LogP contribution >= 0.6 is 15.9 Å². The Morgan fingerprint density at radius 2 is 2.25 bits per heavy atom. The maximum atomic E-state index is 13.7. The lowest BCUT2D eigenvalue weighted by molar-refractivity contribution is 0.521. The van der Waals surface area contributed by atoms with Crippen molar-refractivity contribution in [3.05, 3.63) is 51.5 Å². The van der Waals surface area contributed by atoms with Gasteiger partial charge in [0.05, 0.1) is 6.20 Å². The molecule has 2 aromatic rings. The number of H-pyrrole nitrogens is 1. The highest BCUT2D eigenvalue weighted by atomic mass is 79.9. The maximum absolute atomic E-state index is 13.7. The van der Waals surface area contributed by atoms with Gasteiger partial charge in [-0.05, 0) is 57.0 Å². The fourth-order valence-corrected chi connectivity index (χ4v) is 2.56. The van der Waals surface area contributed by atoms with Crippen molar-refractivity contribution < 1.29 is 4.39 Å². The Morgan fingerprint density at radius 1 is 1.45 bits per heavy atom. The molecule has 1 atom stereocenters. The Balaban J connectivity index is 1.82. The molecule has 2 rings (SSSR count). The molecule has 0 radical (unpaired) electrons. The quantitative estimate of drug-likeness (QED) is 0.783. The van der Waals surface area contributed by atoms with Crippen molar-refractivity contribution in [1.29, 1.82) is 0 Å². The van der Waals surface area contributed by atoms with Crippen LogP contribution in [0.3, 0.4) is 0 Å². The van der Waals surface area contributed by atoms with E-state index >= 15 is 0 Å². The fraction of sp³-hybridized carbons (Fsp3) is 0.400. The molecule has 0 aliphatic carbocycles. The van der Waals surface area contributed by atoms with Gasteiger partial charge in [-0.1, -0.05) is 15.9 Å². The molecule has 0 amide bonds. The summed E-state index contributed by atoms with van der Waals surface area (Å²) in [7, 11) is 0. The minimum Gasteiger partial charge on any atom is -0.310 e. The number of nitrogens with zero attached hydrogens (tertiary/aromatic N) is 1. The first-order valence-corrected chi connectivity index (χ1v) is 7.54. The van der Waals surface area contributed by atoms with E-state index in [2.05, 4.69) is 31.4 Å². The third-order valence-electron chi connectivity index (χ3n) is 3.43. The van der Waals surface area contributed by atoms with Gasteiger partial charge in [-0.3, -0.25) is 5.10 Å². The average molecular weight is 340 g/mol. The van der Waals surface area contributed by atoms with Crippen LogP contribution in [0, 0.1) is 12.7 Å². The smallest absolute Gasteiger partial charge is 0.128 e. The van der Waals surface area contributed by atoms with Gasteiger partial charge in [0, 0.05) is 21.8 Å². The first-order chi connectivity index (χ1) is 9.58. The van der Waals surface area contributed by atoms with Crippen LogP contribution in [-0.2, 0) is 6.42 Å².